The molecule has 0 bridgehead atoms. The number of rotatable bonds is 3. The molecule has 3 N–H and O–H groups in total. The molecule has 3 unspecified atom stereocenters. The molecule has 0 aromatic heterocycles. The fourth-order valence-electron chi connectivity index (χ4n) is 4.08. The lowest BCUT2D eigenvalue weighted by Crippen LogP contribution is -2.32. The van der Waals surface area contributed by atoms with E-state index in [-0.39, 0.29) is 11.9 Å². The van der Waals surface area contributed by atoms with Crippen molar-refractivity contribution in [3.8, 4) is 0 Å². The maximum Gasteiger partial charge on any atom is 0.128 e. The van der Waals surface area contributed by atoms with Crippen LogP contribution < -0.4 is 11.3 Å². The average molecular weight is 248 g/mol. The zero-order valence-corrected chi connectivity index (χ0v) is 11.0. The summed E-state index contributed by atoms with van der Waals surface area (Å²) in [5.41, 5.74) is 5.64. The van der Waals surface area contributed by atoms with E-state index in [9.17, 15) is 4.39 Å². The molecule has 2 aliphatic rings. The van der Waals surface area contributed by atoms with E-state index in [2.05, 4.69) is 5.43 Å². The molecular formula is C15H21FN2. The molecule has 0 heterocycles. The van der Waals surface area contributed by atoms with Gasteiger partial charge >= 0.3 is 0 Å². The van der Waals surface area contributed by atoms with Gasteiger partial charge in [0.2, 0.25) is 0 Å². The van der Waals surface area contributed by atoms with Crippen LogP contribution in [0.25, 0.3) is 0 Å². The van der Waals surface area contributed by atoms with Crippen molar-refractivity contribution in [1.29, 1.82) is 0 Å². The number of hydrazine groups is 1. The summed E-state index contributed by atoms with van der Waals surface area (Å²) in [5.74, 6) is 7.68. The Kier molecular flexibility index (Phi) is 2.91. The minimum atomic E-state index is -0.111. The number of aryl methyl sites for hydroxylation is 2. The third kappa shape index (κ3) is 1.77. The maximum absolute atomic E-state index is 14.2. The van der Waals surface area contributed by atoms with Gasteiger partial charge in [-0.2, -0.15) is 0 Å². The molecule has 3 atom stereocenters. The van der Waals surface area contributed by atoms with E-state index in [4.69, 9.17) is 5.84 Å². The van der Waals surface area contributed by atoms with Gasteiger partial charge in [0.15, 0.2) is 0 Å². The van der Waals surface area contributed by atoms with Crippen LogP contribution in [0.1, 0.15) is 42.0 Å². The number of fused-ring (bicyclic) bond motifs is 1. The van der Waals surface area contributed by atoms with Crippen LogP contribution in [0.5, 0.6) is 0 Å². The summed E-state index contributed by atoms with van der Waals surface area (Å²) in [7, 11) is 0. The van der Waals surface area contributed by atoms with Crippen LogP contribution in [0.15, 0.2) is 12.1 Å². The van der Waals surface area contributed by atoms with Crippen molar-refractivity contribution >= 4 is 0 Å². The lowest BCUT2D eigenvalue weighted by Gasteiger charge is -2.21. The Bertz CT molecular complexity index is 439. The summed E-state index contributed by atoms with van der Waals surface area (Å²) >= 11 is 0. The molecule has 0 spiro atoms. The standard InChI is InChI=1S/C15H21FN2/c1-8-6-9(2)13(12(16)7-8)15(18-17)14-10-4-3-5-11(10)14/h6-7,10-11,14-15,18H,3-5,17H2,1-2H3. The largest absolute Gasteiger partial charge is 0.271 e. The van der Waals surface area contributed by atoms with Gasteiger partial charge in [0.1, 0.15) is 5.82 Å². The highest BCUT2D eigenvalue weighted by molar-refractivity contribution is 5.36. The summed E-state index contributed by atoms with van der Waals surface area (Å²) in [5, 5.41) is 0. The smallest absolute Gasteiger partial charge is 0.128 e. The van der Waals surface area contributed by atoms with Crippen LogP contribution in [0.3, 0.4) is 0 Å². The van der Waals surface area contributed by atoms with Gasteiger partial charge in [0.05, 0.1) is 6.04 Å². The lowest BCUT2D eigenvalue weighted by atomic mass is 9.92. The van der Waals surface area contributed by atoms with Crippen LogP contribution in [-0.2, 0) is 0 Å². The van der Waals surface area contributed by atoms with Gasteiger partial charge < -0.3 is 0 Å². The zero-order valence-electron chi connectivity index (χ0n) is 11.0. The molecule has 0 saturated heterocycles. The van der Waals surface area contributed by atoms with Crippen molar-refractivity contribution in [2.24, 2.45) is 23.6 Å². The van der Waals surface area contributed by atoms with Crippen molar-refractivity contribution < 1.29 is 4.39 Å². The van der Waals surface area contributed by atoms with Crippen LogP contribution in [0, 0.1) is 37.4 Å². The van der Waals surface area contributed by atoms with Crippen molar-refractivity contribution in [1.82, 2.24) is 5.43 Å². The van der Waals surface area contributed by atoms with Gasteiger partial charge in [0, 0.05) is 5.56 Å². The first-order valence-electron chi connectivity index (χ1n) is 6.86. The first-order chi connectivity index (χ1) is 8.63. The number of halogens is 1. The Hall–Kier alpha value is -0.930. The van der Waals surface area contributed by atoms with Crippen molar-refractivity contribution in [2.75, 3.05) is 0 Å². The number of benzene rings is 1. The lowest BCUT2D eigenvalue weighted by molar-refractivity contribution is 0.408. The van der Waals surface area contributed by atoms with E-state index in [1.165, 1.54) is 19.3 Å². The summed E-state index contributed by atoms with van der Waals surface area (Å²) in [6.07, 6.45) is 3.92. The van der Waals surface area contributed by atoms with Gasteiger partial charge in [0.25, 0.3) is 0 Å². The Morgan fingerprint density at radius 1 is 1.28 bits per heavy atom. The number of hydrogen-bond donors (Lipinski definition) is 2. The summed E-state index contributed by atoms with van der Waals surface area (Å²) in [6.45, 7) is 3.91. The minimum Gasteiger partial charge on any atom is -0.271 e. The predicted molar refractivity (Wildman–Crippen MR) is 70.3 cm³/mol. The quantitative estimate of drug-likeness (QED) is 0.637. The van der Waals surface area contributed by atoms with E-state index in [1.54, 1.807) is 6.07 Å². The first-order valence-corrected chi connectivity index (χ1v) is 6.86. The number of nitrogens with one attached hydrogen (secondary N) is 1. The molecule has 0 amide bonds. The highest BCUT2D eigenvalue weighted by Gasteiger charge is 2.56. The highest BCUT2D eigenvalue weighted by atomic mass is 19.1. The first kappa shape index (κ1) is 12.1. The molecule has 1 aromatic carbocycles. The van der Waals surface area contributed by atoms with Gasteiger partial charge in [-0.1, -0.05) is 12.5 Å². The van der Waals surface area contributed by atoms with Gasteiger partial charge in [-0.05, 0) is 61.6 Å². The molecule has 2 fully saturated rings. The van der Waals surface area contributed by atoms with Gasteiger partial charge in [-0.25, -0.2) is 4.39 Å². The molecule has 18 heavy (non-hydrogen) atoms. The Morgan fingerprint density at radius 3 is 2.50 bits per heavy atom. The van der Waals surface area contributed by atoms with Crippen LogP contribution >= 0.6 is 0 Å². The Balaban J connectivity index is 1.93. The van der Waals surface area contributed by atoms with E-state index in [0.29, 0.717) is 5.92 Å². The average Bonchev–Trinajstić information content (AvgIpc) is 2.78. The molecule has 3 heteroatoms. The second kappa shape index (κ2) is 4.32. The topological polar surface area (TPSA) is 38.0 Å². The fraction of sp³-hybridized carbons (Fsp3) is 0.600. The fourth-order valence-corrected chi connectivity index (χ4v) is 4.08. The monoisotopic (exact) mass is 248 g/mol. The molecule has 0 aliphatic heterocycles. The molecular weight excluding hydrogens is 227 g/mol. The van der Waals surface area contributed by atoms with E-state index >= 15 is 0 Å². The third-order valence-corrected chi connectivity index (χ3v) is 4.83. The molecule has 3 rings (SSSR count). The Labute approximate surface area is 108 Å². The van der Waals surface area contributed by atoms with E-state index in [1.807, 2.05) is 19.9 Å². The summed E-state index contributed by atoms with van der Waals surface area (Å²) in [6, 6.07) is 3.65. The zero-order chi connectivity index (χ0) is 12.9. The van der Waals surface area contributed by atoms with Crippen molar-refractivity contribution in [3.05, 3.63) is 34.6 Å². The molecule has 2 nitrogen and oxygen atoms in total. The van der Waals surface area contributed by atoms with Crippen molar-refractivity contribution in [2.45, 2.75) is 39.2 Å². The summed E-state index contributed by atoms with van der Waals surface area (Å²) in [4.78, 5) is 0. The second-order valence-corrected chi connectivity index (χ2v) is 5.96. The molecule has 2 saturated carbocycles. The predicted octanol–water partition coefficient (Wildman–Crippen LogP) is 2.99. The van der Waals surface area contributed by atoms with Crippen molar-refractivity contribution in [3.63, 3.8) is 0 Å². The minimum absolute atomic E-state index is 0.0131. The number of hydrogen-bond acceptors (Lipinski definition) is 2. The highest BCUT2D eigenvalue weighted by Crippen LogP contribution is 2.62. The van der Waals surface area contributed by atoms with Crippen LogP contribution in [-0.4, -0.2) is 0 Å². The SMILES string of the molecule is Cc1cc(C)c(C(NN)C2C3CCCC32)c(F)c1. The van der Waals surface area contributed by atoms with Crippen LogP contribution in [0.2, 0.25) is 0 Å². The van der Waals surface area contributed by atoms with Gasteiger partial charge in [-0.15, -0.1) is 0 Å². The molecule has 0 radical (unpaired) electrons. The second-order valence-electron chi connectivity index (χ2n) is 5.96. The summed E-state index contributed by atoms with van der Waals surface area (Å²) < 4.78 is 14.2. The molecule has 1 aromatic rings. The molecule has 98 valence electrons. The number of nitrogens with two attached hydrogens (primary N) is 1. The molecule has 2 aliphatic carbocycles. The van der Waals surface area contributed by atoms with E-state index < -0.39 is 0 Å². The van der Waals surface area contributed by atoms with E-state index in [0.717, 1.165) is 28.5 Å². The third-order valence-electron chi connectivity index (χ3n) is 4.83. The Morgan fingerprint density at radius 2 is 1.94 bits per heavy atom. The maximum atomic E-state index is 14.2. The normalized spacial score (nSPS) is 31.2. The van der Waals surface area contributed by atoms with Gasteiger partial charge in [-0.3, -0.25) is 11.3 Å². The van der Waals surface area contributed by atoms with Crippen LogP contribution in [0.4, 0.5) is 4.39 Å².